The molecule has 2 rings (SSSR count). The third kappa shape index (κ3) is 3.67. The molecular weight excluding hydrogens is 216 g/mol. The molecule has 0 spiro atoms. The van der Waals surface area contributed by atoms with E-state index >= 15 is 0 Å². The van der Waals surface area contributed by atoms with Gasteiger partial charge in [-0.3, -0.25) is 9.59 Å². The number of carbonyl (C=O) groups excluding carboxylic acids is 2. The largest absolute Gasteiger partial charge is 0.325 e. The zero-order valence-corrected chi connectivity index (χ0v) is 9.82. The lowest BCUT2D eigenvalue weighted by Crippen LogP contribution is -2.29. The number of ketones is 1. The van der Waals surface area contributed by atoms with E-state index in [1.165, 1.54) is 19.8 Å². The molecule has 0 aliphatic heterocycles. The van der Waals surface area contributed by atoms with Crippen molar-refractivity contribution in [2.24, 2.45) is 0 Å². The van der Waals surface area contributed by atoms with Gasteiger partial charge >= 0.3 is 0 Å². The fourth-order valence-corrected chi connectivity index (χ4v) is 1.52. The number of hydrogen-bond donors (Lipinski definition) is 2. The molecule has 17 heavy (non-hydrogen) atoms. The van der Waals surface area contributed by atoms with Gasteiger partial charge < -0.3 is 10.6 Å². The minimum Gasteiger partial charge on any atom is -0.325 e. The Labute approximate surface area is 100 Å². The fourth-order valence-electron chi connectivity index (χ4n) is 1.52. The third-order valence-corrected chi connectivity index (χ3v) is 2.70. The van der Waals surface area contributed by atoms with Crippen LogP contribution in [-0.4, -0.2) is 24.3 Å². The van der Waals surface area contributed by atoms with E-state index in [1.807, 2.05) is 0 Å². The van der Waals surface area contributed by atoms with E-state index in [9.17, 15) is 9.59 Å². The second-order valence-electron chi connectivity index (χ2n) is 4.34. The van der Waals surface area contributed by atoms with E-state index in [2.05, 4.69) is 10.6 Å². The van der Waals surface area contributed by atoms with Crippen molar-refractivity contribution < 1.29 is 9.59 Å². The maximum absolute atomic E-state index is 11.5. The van der Waals surface area contributed by atoms with Crippen molar-refractivity contribution in [3.05, 3.63) is 29.8 Å². The van der Waals surface area contributed by atoms with E-state index in [-0.39, 0.29) is 11.7 Å². The normalized spacial score (nSPS) is 14.4. The maximum atomic E-state index is 11.5. The molecular formula is C13H16N2O2. The zero-order chi connectivity index (χ0) is 12.3. The van der Waals surface area contributed by atoms with Crippen molar-refractivity contribution in [1.82, 2.24) is 5.32 Å². The van der Waals surface area contributed by atoms with Gasteiger partial charge in [-0.1, -0.05) is 0 Å². The lowest BCUT2D eigenvalue weighted by Gasteiger charge is -2.06. The molecule has 1 aliphatic rings. The van der Waals surface area contributed by atoms with Crippen LogP contribution in [0.5, 0.6) is 0 Å². The highest BCUT2D eigenvalue weighted by Crippen LogP contribution is 2.18. The summed E-state index contributed by atoms with van der Waals surface area (Å²) in [7, 11) is 0. The Hall–Kier alpha value is -1.68. The van der Waals surface area contributed by atoms with Crippen LogP contribution >= 0.6 is 0 Å². The number of anilines is 1. The molecule has 1 fully saturated rings. The second-order valence-corrected chi connectivity index (χ2v) is 4.34. The SMILES string of the molecule is CC(=O)c1ccc(NC(=O)CNC2CC2)cc1. The van der Waals surface area contributed by atoms with Crippen molar-refractivity contribution in [2.45, 2.75) is 25.8 Å². The van der Waals surface area contributed by atoms with E-state index < -0.39 is 0 Å². The quantitative estimate of drug-likeness (QED) is 0.758. The van der Waals surface area contributed by atoms with Gasteiger partial charge in [-0.2, -0.15) is 0 Å². The standard InChI is InChI=1S/C13H16N2O2/c1-9(16)10-2-4-12(5-3-10)15-13(17)8-14-11-6-7-11/h2-5,11,14H,6-8H2,1H3,(H,15,17). The maximum Gasteiger partial charge on any atom is 0.238 e. The molecule has 0 radical (unpaired) electrons. The predicted octanol–water partition coefficient (Wildman–Crippen LogP) is 1.58. The van der Waals surface area contributed by atoms with Crippen molar-refractivity contribution in [3.8, 4) is 0 Å². The highest BCUT2D eigenvalue weighted by molar-refractivity contribution is 5.96. The van der Waals surface area contributed by atoms with Crippen LogP contribution in [0.1, 0.15) is 30.1 Å². The zero-order valence-electron chi connectivity index (χ0n) is 9.82. The molecule has 0 atom stereocenters. The molecule has 1 aliphatic carbocycles. The van der Waals surface area contributed by atoms with Gasteiger partial charge in [-0.05, 0) is 44.0 Å². The Morgan fingerprint density at radius 3 is 2.41 bits per heavy atom. The molecule has 0 bridgehead atoms. The summed E-state index contributed by atoms with van der Waals surface area (Å²) < 4.78 is 0. The summed E-state index contributed by atoms with van der Waals surface area (Å²) in [6.07, 6.45) is 2.33. The number of nitrogens with one attached hydrogen (secondary N) is 2. The van der Waals surface area contributed by atoms with Crippen LogP contribution in [0.15, 0.2) is 24.3 Å². The average Bonchev–Trinajstić information content (AvgIpc) is 3.11. The van der Waals surface area contributed by atoms with Gasteiger partial charge in [0.1, 0.15) is 0 Å². The molecule has 4 heteroatoms. The topological polar surface area (TPSA) is 58.2 Å². The van der Waals surface area contributed by atoms with E-state index in [1.54, 1.807) is 24.3 Å². The molecule has 1 aromatic rings. The van der Waals surface area contributed by atoms with Crippen LogP contribution in [0.2, 0.25) is 0 Å². The number of carbonyl (C=O) groups is 2. The number of benzene rings is 1. The molecule has 0 heterocycles. The van der Waals surface area contributed by atoms with Gasteiger partial charge in [0, 0.05) is 17.3 Å². The summed E-state index contributed by atoms with van der Waals surface area (Å²) in [5, 5.41) is 5.92. The van der Waals surface area contributed by atoms with E-state index in [4.69, 9.17) is 0 Å². The Kier molecular flexibility index (Phi) is 3.54. The third-order valence-electron chi connectivity index (χ3n) is 2.70. The molecule has 1 saturated carbocycles. The lowest BCUT2D eigenvalue weighted by atomic mass is 10.1. The first-order chi connectivity index (χ1) is 8.15. The number of Topliss-reactive ketones (excluding diaryl/α,β-unsaturated/α-hetero) is 1. The summed E-state index contributed by atoms with van der Waals surface area (Å²) >= 11 is 0. The van der Waals surface area contributed by atoms with Gasteiger partial charge in [0.15, 0.2) is 5.78 Å². The first-order valence-corrected chi connectivity index (χ1v) is 5.79. The van der Waals surface area contributed by atoms with Crippen LogP contribution < -0.4 is 10.6 Å². The summed E-state index contributed by atoms with van der Waals surface area (Å²) in [6, 6.07) is 7.44. The number of hydrogen-bond acceptors (Lipinski definition) is 3. The molecule has 0 unspecified atom stereocenters. The summed E-state index contributed by atoms with van der Waals surface area (Å²) in [5.41, 5.74) is 1.37. The predicted molar refractivity (Wildman–Crippen MR) is 66.1 cm³/mol. The smallest absolute Gasteiger partial charge is 0.238 e. The van der Waals surface area contributed by atoms with E-state index in [0.717, 1.165) is 5.69 Å². The summed E-state index contributed by atoms with van der Waals surface area (Å²) in [6.45, 7) is 1.87. The molecule has 0 saturated heterocycles. The van der Waals surface area contributed by atoms with Crippen LogP contribution in [0, 0.1) is 0 Å². The average molecular weight is 232 g/mol. The number of rotatable bonds is 5. The monoisotopic (exact) mass is 232 g/mol. The molecule has 0 aromatic heterocycles. The first kappa shape index (κ1) is 11.8. The lowest BCUT2D eigenvalue weighted by molar-refractivity contribution is -0.115. The van der Waals surface area contributed by atoms with Crippen LogP contribution in [0.4, 0.5) is 5.69 Å². The molecule has 1 aromatic carbocycles. The van der Waals surface area contributed by atoms with Gasteiger partial charge in [0.05, 0.1) is 6.54 Å². The van der Waals surface area contributed by atoms with Crippen LogP contribution in [-0.2, 0) is 4.79 Å². The Bertz CT molecular complexity index is 422. The van der Waals surface area contributed by atoms with Gasteiger partial charge in [-0.25, -0.2) is 0 Å². The number of amides is 1. The fraction of sp³-hybridized carbons (Fsp3) is 0.385. The van der Waals surface area contributed by atoms with Gasteiger partial charge in [0.2, 0.25) is 5.91 Å². The first-order valence-electron chi connectivity index (χ1n) is 5.79. The van der Waals surface area contributed by atoms with Crippen molar-refractivity contribution >= 4 is 17.4 Å². The highest BCUT2D eigenvalue weighted by Gasteiger charge is 2.21. The summed E-state index contributed by atoms with van der Waals surface area (Å²) in [5.74, 6) is -0.0225. The van der Waals surface area contributed by atoms with Crippen molar-refractivity contribution in [3.63, 3.8) is 0 Å². The minimum absolute atomic E-state index is 0.0262. The molecule has 1 amide bonds. The summed E-state index contributed by atoms with van der Waals surface area (Å²) in [4.78, 5) is 22.6. The Balaban J connectivity index is 1.84. The Morgan fingerprint density at radius 2 is 1.88 bits per heavy atom. The minimum atomic E-state index is -0.0486. The van der Waals surface area contributed by atoms with Crippen LogP contribution in [0.3, 0.4) is 0 Å². The van der Waals surface area contributed by atoms with Crippen LogP contribution in [0.25, 0.3) is 0 Å². The van der Waals surface area contributed by atoms with Crippen molar-refractivity contribution in [1.29, 1.82) is 0 Å². The van der Waals surface area contributed by atoms with E-state index in [0.29, 0.717) is 18.2 Å². The molecule has 2 N–H and O–H groups in total. The highest BCUT2D eigenvalue weighted by atomic mass is 16.2. The molecule has 90 valence electrons. The second kappa shape index (κ2) is 5.10. The van der Waals surface area contributed by atoms with Gasteiger partial charge in [-0.15, -0.1) is 0 Å². The Morgan fingerprint density at radius 1 is 1.24 bits per heavy atom. The van der Waals surface area contributed by atoms with Crippen molar-refractivity contribution in [2.75, 3.05) is 11.9 Å². The van der Waals surface area contributed by atoms with Gasteiger partial charge in [0.25, 0.3) is 0 Å². The molecule has 4 nitrogen and oxygen atoms in total.